The molecule has 2 aromatic carbocycles. The third kappa shape index (κ3) is 7.07. The van der Waals surface area contributed by atoms with Crippen LogP contribution in [0, 0.1) is 0 Å². The van der Waals surface area contributed by atoms with Gasteiger partial charge in [-0.2, -0.15) is 0 Å². The SMILES string of the molecule is CC(Cc1ccccc1)NC(=O)C(C)O[C@@H]1[C@@H](N)[C@H](OCc2ccccc2)O[C@H](CO)[C@H]1O. The van der Waals surface area contributed by atoms with Crippen molar-refractivity contribution >= 4 is 5.91 Å². The van der Waals surface area contributed by atoms with Crippen LogP contribution in [0.2, 0.25) is 0 Å². The molecule has 1 aliphatic rings. The highest BCUT2D eigenvalue weighted by molar-refractivity contribution is 5.80. The fraction of sp³-hybridized carbons (Fsp3) is 0.480. The smallest absolute Gasteiger partial charge is 0.249 e. The number of hydrogen-bond donors (Lipinski definition) is 4. The zero-order valence-corrected chi connectivity index (χ0v) is 19.0. The monoisotopic (exact) mass is 458 g/mol. The van der Waals surface area contributed by atoms with E-state index >= 15 is 0 Å². The first kappa shape index (κ1) is 25.3. The van der Waals surface area contributed by atoms with E-state index in [9.17, 15) is 15.0 Å². The van der Waals surface area contributed by atoms with Crippen LogP contribution >= 0.6 is 0 Å². The molecule has 2 unspecified atom stereocenters. The van der Waals surface area contributed by atoms with Crippen molar-refractivity contribution in [2.45, 2.75) is 69.7 Å². The summed E-state index contributed by atoms with van der Waals surface area (Å²) in [4.78, 5) is 12.7. The van der Waals surface area contributed by atoms with Crippen LogP contribution in [0.15, 0.2) is 60.7 Å². The Hall–Kier alpha value is -2.33. The van der Waals surface area contributed by atoms with Crippen LogP contribution in [-0.4, -0.2) is 65.5 Å². The Morgan fingerprint density at radius 3 is 2.30 bits per heavy atom. The number of nitrogens with one attached hydrogen (secondary N) is 1. The summed E-state index contributed by atoms with van der Waals surface area (Å²) in [7, 11) is 0. The lowest BCUT2D eigenvalue weighted by Crippen LogP contribution is -2.64. The Bertz CT molecular complexity index is 852. The number of benzene rings is 2. The largest absolute Gasteiger partial charge is 0.394 e. The van der Waals surface area contributed by atoms with Gasteiger partial charge in [0.1, 0.15) is 24.4 Å². The Kier molecular flexibility index (Phi) is 9.37. The minimum atomic E-state index is -1.21. The zero-order valence-electron chi connectivity index (χ0n) is 19.0. The van der Waals surface area contributed by atoms with E-state index in [0.717, 1.165) is 11.1 Å². The first-order valence-corrected chi connectivity index (χ1v) is 11.2. The van der Waals surface area contributed by atoms with E-state index in [4.69, 9.17) is 19.9 Å². The van der Waals surface area contributed by atoms with Gasteiger partial charge in [0.25, 0.3) is 0 Å². The van der Waals surface area contributed by atoms with Crippen molar-refractivity contribution in [1.29, 1.82) is 0 Å². The molecule has 0 radical (unpaired) electrons. The second-order valence-corrected chi connectivity index (χ2v) is 8.43. The lowest BCUT2D eigenvalue weighted by atomic mass is 9.97. The van der Waals surface area contributed by atoms with Crippen LogP contribution in [0.5, 0.6) is 0 Å². The van der Waals surface area contributed by atoms with Gasteiger partial charge >= 0.3 is 0 Å². The Balaban J connectivity index is 1.58. The first-order valence-electron chi connectivity index (χ1n) is 11.2. The highest BCUT2D eigenvalue weighted by atomic mass is 16.7. The number of rotatable bonds is 10. The number of aliphatic hydroxyl groups is 2. The molecule has 2 aromatic rings. The first-order chi connectivity index (χ1) is 15.9. The van der Waals surface area contributed by atoms with E-state index in [2.05, 4.69) is 5.32 Å². The van der Waals surface area contributed by atoms with E-state index in [0.29, 0.717) is 6.42 Å². The molecule has 5 N–H and O–H groups in total. The standard InChI is InChI=1S/C25H34N2O6/c1-16(13-18-9-5-3-6-10-18)27-24(30)17(2)32-23-21(26)25(33-20(14-28)22(23)29)31-15-19-11-7-4-8-12-19/h3-12,16-17,20-23,25,28-29H,13-15,26H2,1-2H3,(H,27,30)/t16?,17?,20-,21-,22-,23-,25-/m1/s1. The highest BCUT2D eigenvalue weighted by Gasteiger charge is 2.45. The van der Waals surface area contributed by atoms with E-state index in [1.54, 1.807) is 6.92 Å². The number of ether oxygens (including phenoxy) is 3. The van der Waals surface area contributed by atoms with Gasteiger partial charge in [-0.15, -0.1) is 0 Å². The van der Waals surface area contributed by atoms with Crippen LogP contribution in [0.4, 0.5) is 0 Å². The van der Waals surface area contributed by atoms with Crippen molar-refractivity contribution in [2.24, 2.45) is 5.73 Å². The number of aliphatic hydroxyl groups excluding tert-OH is 2. The highest BCUT2D eigenvalue weighted by Crippen LogP contribution is 2.25. The lowest BCUT2D eigenvalue weighted by Gasteiger charge is -2.43. The van der Waals surface area contributed by atoms with E-state index in [-0.39, 0.29) is 18.6 Å². The van der Waals surface area contributed by atoms with Crippen molar-refractivity contribution in [3.8, 4) is 0 Å². The van der Waals surface area contributed by atoms with Gasteiger partial charge in [-0.3, -0.25) is 4.79 Å². The molecule has 3 rings (SSSR count). The topological polar surface area (TPSA) is 123 Å². The maximum atomic E-state index is 12.7. The molecule has 7 atom stereocenters. The Labute approximate surface area is 194 Å². The van der Waals surface area contributed by atoms with Crippen LogP contribution in [0.3, 0.4) is 0 Å². The summed E-state index contributed by atoms with van der Waals surface area (Å²) in [6.07, 6.45) is -4.21. The van der Waals surface area contributed by atoms with Gasteiger partial charge in [0.05, 0.1) is 19.3 Å². The molecular formula is C25H34N2O6. The molecule has 1 heterocycles. The summed E-state index contributed by atoms with van der Waals surface area (Å²) in [5, 5.41) is 23.2. The van der Waals surface area contributed by atoms with Crippen molar-refractivity contribution in [3.63, 3.8) is 0 Å². The lowest BCUT2D eigenvalue weighted by molar-refractivity contribution is -0.279. The summed E-state index contributed by atoms with van der Waals surface area (Å²) in [6, 6.07) is 18.4. The number of hydrogen-bond acceptors (Lipinski definition) is 7. The van der Waals surface area contributed by atoms with E-state index in [1.165, 1.54) is 0 Å². The molecular weight excluding hydrogens is 424 g/mol. The quantitative estimate of drug-likeness (QED) is 0.421. The van der Waals surface area contributed by atoms with Crippen LogP contribution in [-0.2, 0) is 32.0 Å². The second-order valence-electron chi connectivity index (χ2n) is 8.43. The minimum absolute atomic E-state index is 0.105. The third-order valence-corrected chi connectivity index (χ3v) is 5.66. The predicted octanol–water partition coefficient (Wildman–Crippen LogP) is 1.13. The molecule has 1 amide bonds. The summed E-state index contributed by atoms with van der Waals surface area (Å²) >= 11 is 0. The number of carbonyl (C=O) groups excluding carboxylic acids is 1. The Morgan fingerprint density at radius 2 is 1.70 bits per heavy atom. The zero-order chi connectivity index (χ0) is 23.8. The fourth-order valence-electron chi connectivity index (χ4n) is 3.84. The summed E-state index contributed by atoms with van der Waals surface area (Å²) in [5.41, 5.74) is 8.34. The van der Waals surface area contributed by atoms with Crippen molar-refractivity contribution in [3.05, 3.63) is 71.8 Å². The van der Waals surface area contributed by atoms with Crippen LogP contribution < -0.4 is 11.1 Å². The maximum absolute atomic E-state index is 12.7. The maximum Gasteiger partial charge on any atom is 0.249 e. The molecule has 0 bridgehead atoms. The van der Waals surface area contributed by atoms with Crippen LogP contribution in [0.25, 0.3) is 0 Å². The summed E-state index contributed by atoms with van der Waals surface area (Å²) in [6.45, 7) is 3.33. The molecule has 0 saturated carbocycles. The van der Waals surface area contributed by atoms with E-state index < -0.39 is 43.4 Å². The summed E-state index contributed by atoms with van der Waals surface area (Å²) < 4.78 is 17.4. The fourth-order valence-corrected chi connectivity index (χ4v) is 3.84. The van der Waals surface area contributed by atoms with E-state index in [1.807, 2.05) is 67.6 Å². The molecule has 0 spiro atoms. The molecule has 8 heteroatoms. The number of amides is 1. The van der Waals surface area contributed by atoms with Gasteiger partial charge in [0.2, 0.25) is 5.91 Å². The molecule has 33 heavy (non-hydrogen) atoms. The molecule has 1 saturated heterocycles. The second kappa shape index (κ2) is 12.2. The molecule has 180 valence electrons. The summed E-state index contributed by atoms with van der Waals surface area (Å²) in [5.74, 6) is -0.313. The van der Waals surface area contributed by atoms with Gasteiger partial charge in [-0.05, 0) is 31.4 Å². The van der Waals surface area contributed by atoms with Gasteiger partial charge in [0, 0.05) is 6.04 Å². The predicted molar refractivity (Wildman–Crippen MR) is 123 cm³/mol. The molecule has 0 aliphatic carbocycles. The minimum Gasteiger partial charge on any atom is -0.394 e. The Morgan fingerprint density at radius 1 is 1.09 bits per heavy atom. The number of nitrogens with two attached hydrogens (primary N) is 1. The third-order valence-electron chi connectivity index (χ3n) is 5.66. The van der Waals surface area contributed by atoms with Crippen molar-refractivity contribution < 1.29 is 29.2 Å². The van der Waals surface area contributed by atoms with Gasteiger partial charge in [0.15, 0.2) is 6.29 Å². The number of carbonyl (C=O) groups is 1. The molecule has 0 aromatic heterocycles. The van der Waals surface area contributed by atoms with Crippen molar-refractivity contribution in [1.82, 2.24) is 5.32 Å². The normalized spacial score (nSPS) is 27.0. The van der Waals surface area contributed by atoms with Gasteiger partial charge in [-0.25, -0.2) is 0 Å². The molecule has 8 nitrogen and oxygen atoms in total. The van der Waals surface area contributed by atoms with Gasteiger partial charge < -0.3 is 35.5 Å². The van der Waals surface area contributed by atoms with Crippen LogP contribution in [0.1, 0.15) is 25.0 Å². The van der Waals surface area contributed by atoms with Crippen molar-refractivity contribution in [2.75, 3.05) is 6.61 Å². The van der Waals surface area contributed by atoms with Gasteiger partial charge in [-0.1, -0.05) is 60.7 Å². The average molecular weight is 459 g/mol. The molecule has 1 fully saturated rings. The molecule has 1 aliphatic heterocycles. The average Bonchev–Trinajstić information content (AvgIpc) is 2.82.